The van der Waals surface area contributed by atoms with Gasteiger partial charge in [0.05, 0.1) is 0 Å². The maximum Gasteiger partial charge on any atom is 0.314 e. The average molecular weight is 258 g/mol. The van der Waals surface area contributed by atoms with Gasteiger partial charge in [-0.1, -0.05) is 26.7 Å². The predicted octanol–water partition coefficient (Wildman–Crippen LogP) is 2.37. The standard InChI is InChI=1S/C13H26N2O3/c1-10(2)6-4-5-9-14-13(18)15-11(3)7-8-12(16)17/h10-11H,4-9H2,1-3H3,(H,16,17)(H2,14,15,18). The van der Waals surface area contributed by atoms with E-state index in [-0.39, 0.29) is 18.5 Å². The summed E-state index contributed by atoms with van der Waals surface area (Å²) in [6.45, 7) is 6.85. The molecule has 0 aromatic rings. The van der Waals surface area contributed by atoms with Gasteiger partial charge in [0.2, 0.25) is 0 Å². The second-order valence-electron chi connectivity index (χ2n) is 5.12. The summed E-state index contributed by atoms with van der Waals surface area (Å²) in [7, 11) is 0. The molecule has 106 valence electrons. The van der Waals surface area contributed by atoms with E-state index in [0.717, 1.165) is 12.8 Å². The van der Waals surface area contributed by atoms with E-state index in [4.69, 9.17) is 5.11 Å². The van der Waals surface area contributed by atoms with Crippen LogP contribution in [0.15, 0.2) is 0 Å². The molecule has 0 aliphatic rings. The van der Waals surface area contributed by atoms with Crippen LogP contribution in [0.4, 0.5) is 4.79 Å². The summed E-state index contributed by atoms with van der Waals surface area (Å²) in [5.41, 5.74) is 0. The molecule has 0 heterocycles. The van der Waals surface area contributed by atoms with Crippen molar-refractivity contribution in [2.24, 2.45) is 5.92 Å². The van der Waals surface area contributed by atoms with Crippen molar-refractivity contribution in [3.63, 3.8) is 0 Å². The Balaban J connectivity index is 3.49. The van der Waals surface area contributed by atoms with Gasteiger partial charge in [-0.15, -0.1) is 0 Å². The minimum absolute atomic E-state index is 0.0792. The van der Waals surface area contributed by atoms with Crippen LogP contribution in [0.2, 0.25) is 0 Å². The van der Waals surface area contributed by atoms with Gasteiger partial charge in [-0.2, -0.15) is 0 Å². The van der Waals surface area contributed by atoms with Crippen LogP contribution < -0.4 is 10.6 Å². The molecule has 0 radical (unpaired) electrons. The van der Waals surface area contributed by atoms with E-state index in [0.29, 0.717) is 18.9 Å². The number of unbranched alkanes of at least 4 members (excludes halogenated alkanes) is 1. The van der Waals surface area contributed by atoms with Crippen LogP contribution in [0.1, 0.15) is 52.9 Å². The van der Waals surface area contributed by atoms with Crippen molar-refractivity contribution in [3.05, 3.63) is 0 Å². The number of carbonyl (C=O) groups excluding carboxylic acids is 1. The monoisotopic (exact) mass is 258 g/mol. The highest BCUT2D eigenvalue weighted by Gasteiger charge is 2.08. The van der Waals surface area contributed by atoms with E-state index < -0.39 is 5.97 Å². The second-order valence-corrected chi connectivity index (χ2v) is 5.12. The number of hydrogen-bond acceptors (Lipinski definition) is 2. The Bertz CT molecular complexity index is 255. The molecule has 0 aromatic heterocycles. The Morgan fingerprint density at radius 1 is 1.11 bits per heavy atom. The first-order valence-electron chi connectivity index (χ1n) is 6.68. The number of amides is 2. The first kappa shape index (κ1) is 16.7. The SMILES string of the molecule is CC(C)CCCCNC(=O)NC(C)CCC(=O)O. The topological polar surface area (TPSA) is 78.4 Å². The lowest BCUT2D eigenvalue weighted by atomic mass is 10.1. The predicted molar refractivity (Wildman–Crippen MR) is 71.6 cm³/mol. The maximum absolute atomic E-state index is 11.4. The highest BCUT2D eigenvalue weighted by atomic mass is 16.4. The molecule has 0 aliphatic heterocycles. The molecule has 0 aromatic carbocycles. The summed E-state index contributed by atoms with van der Waals surface area (Å²) in [6.07, 6.45) is 3.81. The van der Waals surface area contributed by atoms with Crippen LogP contribution in [-0.2, 0) is 4.79 Å². The summed E-state index contributed by atoms with van der Waals surface area (Å²) >= 11 is 0. The highest BCUT2D eigenvalue weighted by Crippen LogP contribution is 2.05. The molecule has 0 saturated heterocycles. The molecular formula is C13H26N2O3. The number of urea groups is 1. The van der Waals surface area contributed by atoms with Gasteiger partial charge >= 0.3 is 12.0 Å². The number of aliphatic carboxylic acids is 1. The maximum atomic E-state index is 11.4. The quantitative estimate of drug-likeness (QED) is 0.555. The van der Waals surface area contributed by atoms with E-state index in [1.165, 1.54) is 6.42 Å². The molecule has 1 atom stereocenters. The number of carboxylic acids is 1. The van der Waals surface area contributed by atoms with Crippen molar-refractivity contribution in [1.29, 1.82) is 0 Å². The molecule has 5 heteroatoms. The Morgan fingerprint density at radius 3 is 2.33 bits per heavy atom. The molecule has 0 spiro atoms. The van der Waals surface area contributed by atoms with Crippen LogP contribution in [0.5, 0.6) is 0 Å². The molecule has 2 amide bonds. The molecular weight excluding hydrogens is 232 g/mol. The van der Waals surface area contributed by atoms with Crippen molar-refractivity contribution < 1.29 is 14.7 Å². The van der Waals surface area contributed by atoms with Gasteiger partial charge in [0.15, 0.2) is 0 Å². The van der Waals surface area contributed by atoms with E-state index in [1.54, 1.807) is 6.92 Å². The zero-order valence-electron chi connectivity index (χ0n) is 11.7. The van der Waals surface area contributed by atoms with Crippen molar-refractivity contribution in [3.8, 4) is 0 Å². The lowest BCUT2D eigenvalue weighted by Crippen LogP contribution is -2.41. The van der Waals surface area contributed by atoms with E-state index in [2.05, 4.69) is 24.5 Å². The number of rotatable bonds is 9. The minimum Gasteiger partial charge on any atom is -0.481 e. The normalized spacial score (nSPS) is 12.2. The van der Waals surface area contributed by atoms with E-state index in [1.807, 2.05) is 0 Å². The number of nitrogens with one attached hydrogen (secondary N) is 2. The van der Waals surface area contributed by atoms with Gasteiger partial charge in [0, 0.05) is 19.0 Å². The van der Waals surface area contributed by atoms with Gasteiger partial charge in [-0.05, 0) is 25.7 Å². The molecule has 5 nitrogen and oxygen atoms in total. The summed E-state index contributed by atoms with van der Waals surface area (Å²) < 4.78 is 0. The fraction of sp³-hybridized carbons (Fsp3) is 0.846. The molecule has 0 fully saturated rings. The summed E-state index contributed by atoms with van der Waals surface area (Å²) in [5, 5.41) is 14.0. The smallest absolute Gasteiger partial charge is 0.314 e. The number of hydrogen-bond donors (Lipinski definition) is 3. The third-order valence-electron chi connectivity index (χ3n) is 2.66. The second kappa shape index (κ2) is 9.74. The number of carbonyl (C=O) groups is 2. The highest BCUT2D eigenvalue weighted by molar-refractivity contribution is 5.74. The van der Waals surface area contributed by atoms with Gasteiger partial charge < -0.3 is 15.7 Å². The average Bonchev–Trinajstić information content (AvgIpc) is 2.25. The Kier molecular flexibility index (Phi) is 9.06. The van der Waals surface area contributed by atoms with Crippen LogP contribution in [0, 0.1) is 5.92 Å². The van der Waals surface area contributed by atoms with Gasteiger partial charge in [-0.3, -0.25) is 4.79 Å². The number of carboxylic acid groups (broad SMARTS) is 1. The fourth-order valence-electron chi connectivity index (χ4n) is 1.57. The summed E-state index contributed by atoms with van der Waals surface area (Å²) in [4.78, 5) is 21.8. The van der Waals surface area contributed by atoms with Gasteiger partial charge in [0.25, 0.3) is 0 Å². The Morgan fingerprint density at radius 2 is 1.78 bits per heavy atom. The molecule has 18 heavy (non-hydrogen) atoms. The minimum atomic E-state index is -0.835. The van der Waals surface area contributed by atoms with Crippen LogP contribution >= 0.6 is 0 Å². The van der Waals surface area contributed by atoms with Crippen molar-refractivity contribution >= 4 is 12.0 Å². The molecule has 0 bridgehead atoms. The van der Waals surface area contributed by atoms with Crippen molar-refractivity contribution in [1.82, 2.24) is 10.6 Å². The van der Waals surface area contributed by atoms with Crippen LogP contribution in [0.3, 0.4) is 0 Å². The van der Waals surface area contributed by atoms with Gasteiger partial charge in [0.1, 0.15) is 0 Å². The summed E-state index contributed by atoms with van der Waals surface area (Å²) in [5.74, 6) is -0.132. The molecule has 0 rings (SSSR count). The first-order chi connectivity index (χ1) is 8.41. The molecule has 3 N–H and O–H groups in total. The molecule has 0 aliphatic carbocycles. The lowest BCUT2D eigenvalue weighted by molar-refractivity contribution is -0.137. The Labute approximate surface area is 109 Å². The molecule has 0 saturated carbocycles. The third kappa shape index (κ3) is 11.2. The fourth-order valence-corrected chi connectivity index (χ4v) is 1.57. The summed E-state index contributed by atoms with van der Waals surface area (Å²) in [6, 6.07) is -0.325. The zero-order valence-corrected chi connectivity index (χ0v) is 11.7. The Hall–Kier alpha value is -1.26. The van der Waals surface area contributed by atoms with Crippen molar-refractivity contribution in [2.75, 3.05) is 6.54 Å². The van der Waals surface area contributed by atoms with Crippen molar-refractivity contribution in [2.45, 2.75) is 58.9 Å². The van der Waals surface area contributed by atoms with E-state index in [9.17, 15) is 9.59 Å². The largest absolute Gasteiger partial charge is 0.481 e. The van der Waals surface area contributed by atoms with Gasteiger partial charge in [-0.25, -0.2) is 4.79 Å². The van der Waals surface area contributed by atoms with Crippen LogP contribution in [-0.4, -0.2) is 29.7 Å². The molecule has 1 unspecified atom stereocenters. The lowest BCUT2D eigenvalue weighted by Gasteiger charge is -2.13. The first-order valence-corrected chi connectivity index (χ1v) is 6.68. The third-order valence-corrected chi connectivity index (χ3v) is 2.66. The van der Waals surface area contributed by atoms with E-state index >= 15 is 0 Å². The zero-order chi connectivity index (χ0) is 14.0. The van der Waals surface area contributed by atoms with Crippen LogP contribution in [0.25, 0.3) is 0 Å².